The maximum Gasteiger partial charge on any atom is 0.241 e. The van der Waals surface area contributed by atoms with Gasteiger partial charge in [-0.1, -0.05) is 47.6 Å². The number of nitrogens with one attached hydrogen (secondary N) is 1. The van der Waals surface area contributed by atoms with Crippen molar-refractivity contribution < 1.29 is 14.1 Å². The summed E-state index contributed by atoms with van der Waals surface area (Å²) in [6.45, 7) is 2.83. The molecule has 1 N–H and O–H groups in total. The molecule has 5 rings (SSSR count). The van der Waals surface area contributed by atoms with Crippen LogP contribution in [0.5, 0.6) is 5.75 Å². The zero-order valence-electron chi connectivity index (χ0n) is 19.4. The van der Waals surface area contributed by atoms with E-state index in [1.165, 1.54) is 5.56 Å². The fourth-order valence-corrected chi connectivity index (χ4v) is 4.86. The molecule has 0 unspecified atom stereocenters. The van der Waals surface area contributed by atoms with Gasteiger partial charge in [-0.05, 0) is 55.1 Å². The van der Waals surface area contributed by atoms with Crippen LogP contribution in [0.1, 0.15) is 24.3 Å². The largest absolute Gasteiger partial charge is 0.493 e. The molecular formula is C27H28N4O3S. The Morgan fingerprint density at radius 1 is 1.09 bits per heavy atom. The molecule has 1 aliphatic rings. The predicted molar refractivity (Wildman–Crippen MR) is 136 cm³/mol. The summed E-state index contributed by atoms with van der Waals surface area (Å²) in [7, 11) is 0. The zero-order chi connectivity index (χ0) is 23.9. The monoisotopic (exact) mass is 488 g/mol. The molecule has 0 bridgehead atoms. The first kappa shape index (κ1) is 23.3. The van der Waals surface area contributed by atoms with Crippen molar-refractivity contribution in [1.82, 2.24) is 15.0 Å². The van der Waals surface area contributed by atoms with Gasteiger partial charge in [0.05, 0.1) is 18.0 Å². The Balaban J connectivity index is 1.07. The summed E-state index contributed by atoms with van der Waals surface area (Å²) in [4.78, 5) is 20.6. The number of likely N-dealkylation sites (tertiary alicyclic amines) is 1. The highest BCUT2D eigenvalue weighted by Gasteiger charge is 2.26. The molecule has 0 atom stereocenters. The van der Waals surface area contributed by atoms with Crippen molar-refractivity contribution in [2.24, 2.45) is 5.92 Å². The number of hydrogen-bond acceptors (Lipinski definition) is 7. The van der Waals surface area contributed by atoms with Gasteiger partial charge in [-0.15, -0.1) is 11.3 Å². The van der Waals surface area contributed by atoms with Crippen molar-refractivity contribution in [3.05, 3.63) is 83.6 Å². The van der Waals surface area contributed by atoms with Gasteiger partial charge in [0, 0.05) is 24.1 Å². The SMILES string of the molecule is O=C(Nc1cccc(OCCc2ccccc2)c1)C1CCN(Cc2nc(-c3cccs3)no2)CC1. The maximum absolute atomic E-state index is 12.9. The van der Waals surface area contributed by atoms with Crippen molar-refractivity contribution in [1.29, 1.82) is 0 Å². The lowest BCUT2D eigenvalue weighted by atomic mass is 9.96. The highest BCUT2D eigenvalue weighted by molar-refractivity contribution is 7.13. The van der Waals surface area contributed by atoms with E-state index in [2.05, 4.69) is 32.5 Å². The van der Waals surface area contributed by atoms with Gasteiger partial charge in [-0.2, -0.15) is 4.98 Å². The average Bonchev–Trinajstić information content (AvgIpc) is 3.58. The van der Waals surface area contributed by atoms with E-state index in [0.29, 0.717) is 24.9 Å². The van der Waals surface area contributed by atoms with Crippen LogP contribution in [0.15, 0.2) is 76.6 Å². The number of thiophene rings is 1. The van der Waals surface area contributed by atoms with Crippen LogP contribution < -0.4 is 10.1 Å². The molecule has 1 aliphatic heterocycles. The Labute approximate surface area is 208 Å². The summed E-state index contributed by atoms with van der Waals surface area (Å²) in [6, 6.07) is 21.8. The van der Waals surface area contributed by atoms with E-state index in [1.807, 2.05) is 60.0 Å². The van der Waals surface area contributed by atoms with Gasteiger partial charge in [0.25, 0.3) is 0 Å². The Kier molecular flexibility index (Phi) is 7.50. The summed E-state index contributed by atoms with van der Waals surface area (Å²) in [6.07, 6.45) is 2.44. The maximum atomic E-state index is 12.9. The van der Waals surface area contributed by atoms with Gasteiger partial charge in [0.15, 0.2) is 0 Å². The predicted octanol–water partition coefficient (Wildman–Crippen LogP) is 5.27. The quantitative estimate of drug-likeness (QED) is 0.346. The molecule has 2 aromatic heterocycles. The molecule has 35 heavy (non-hydrogen) atoms. The van der Waals surface area contributed by atoms with Crippen molar-refractivity contribution in [3.63, 3.8) is 0 Å². The fourth-order valence-electron chi connectivity index (χ4n) is 4.21. The fraction of sp³-hybridized carbons (Fsp3) is 0.296. The number of carbonyl (C=O) groups excluding carboxylic acids is 1. The molecule has 1 amide bonds. The van der Waals surface area contributed by atoms with E-state index in [9.17, 15) is 4.79 Å². The molecule has 180 valence electrons. The second kappa shape index (κ2) is 11.3. The summed E-state index contributed by atoms with van der Waals surface area (Å²) in [5.41, 5.74) is 2.01. The number of hydrogen-bond donors (Lipinski definition) is 1. The van der Waals surface area contributed by atoms with Gasteiger partial charge >= 0.3 is 0 Å². The minimum Gasteiger partial charge on any atom is -0.493 e. The van der Waals surface area contributed by atoms with Crippen molar-refractivity contribution >= 4 is 22.9 Å². The minimum absolute atomic E-state index is 0.0155. The lowest BCUT2D eigenvalue weighted by Gasteiger charge is -2.30. The highest BCUT2D eigenvalue weighted by atomic mass is 32.1. The summed E-state index contributed by atoms with van der Waals surface area (Å²) in [5.74, 6) is 2.05. The zero-order valence-corrected chi connectivity index (χ0v) is 20.2. The molecular weight excluding hydrogens is 460 g/mol. The van der Waals surface area contributed by atoms with Gasteiger partial charge in [0.2, 0.25) is 17.6 Å². The Morgan fingerprint density at radius 2 is 1.94 bits per heavy atom. The van der Waals surface area contributed by atoms with Crippen LogP contribution >= 0.6 is 11.3 Å². The first-order valence-electron chi connectivity index (χ1n) is 11.9. The molecule has 4 aromatic rings. The van der Waals surface area contributed by atoms with Gasteiger partial charge in [-0.25, -0.2) is 0 Å². The van der Waals surface area contributed by atoms with Gasteiger partial charge < -0.3 is 14.6 Å². The first-order valence-corrected chi connectivity index (χ1v) is 12.8. The number of rotatable bonds is 9. The molecule has 7 nitrogen and oxygen atoms in total. The van der Waals surface area contributed by atoms with E-state index < -0.39 is 0 Å². The van der Waals surface area contributed by atoms with Crippen molar-refractivity contribution in [2.75, 3.05) is 25.0 Å². The number of anilines is 1. The lowest BCUT2D eigenvalue weighted by Crippen LogP contribution is -2.37. The Hall–Kier alpha value is -3.49. The summed E-state index contributed by atoms with van der Waals surface area (Å²) in [5, 5.41) is 9.14. The number of amides is 1. The third kappa shape index (κ3) is 6.35. The van der Waals surface area contributed by atoms with E-state index in [0.717, 1.165) is 48.7 Å². The van der Waals surface area contributed by atoms with Crippen LogP contribution in [-0.2, 0) is 17.8 Å². The average molecular weight is 489 g/mol. The van der Waals surface area contributed by atoms with Crippen LogP contribution in [0.25, 0.3) is 10.7 Å². The lowest BCUT2D eigenvalue weighted by molar-refractivity contribution is -0.121. The Morgan fingerprint density at radius 3 is 2.74 bits per heavy atom. The molecule has 8 heteroatoms. The molecule has 0 radical (unpaired) electrons. The standard InChI is InChI=1S/C27H28N4O3S/c32-27(28-22-8-4-9-23(18-22)33-16-13-20-6-2-1-3-7-20)21-11-14-31(15-12-21)19-25-29-26(30-34-25)24-10-5-17-35-24/h1-10,17-18,21H,11-16,19H2,(H,28,32). The van der Waals surface area contributed by atoms with Crippen LogP contribution in [0.3, 0.4) is 0 Å². The molecule has 0 saturated carbocycles. The number of aromatic nitrogens is 2. The smallest absolute Gasteiger partial charge is 0.241 e. The van der Waals surface area contributed by atoms with Crippen LogP contribution in [0, 0.1) is 5.92 Å². The molecule has 0 spiro atoms. The molecule has 1 fully saturated rings. The number of piperidine rings is 1. The third-order valence-corrected chi connectivity index (χ3v) is 7.00. The summed E-state index contributed by atoms with van der Waals surface area (Å²) >= 11 is 1.59. The number of nitrogens with zero attached hydrogens (tertiary/aromatic N) is 3. The number of carbonyl (C=O) groups is 1. The second-order valence-electron chi connectivity index (χ2n) is 8.64. The number of benzene rings is 2. The molecule has 2 aromatic carbocycles. The number of ether oxygens (including phenoxy) is 1. The molecule has 1 saturated heterocycles. The van der Waals surface area contributed by atoms with E-state index in [1.54, 1.807) is 11.3 Å². The van der Waals surface area contributed by atoms with Crippen LogP contribution in [-0.4, -0.2) is 40.6 Å². The van der Waals surface area contributed by atoms with Crippen molar-refractivity contribution in [3.8, 4) is 16.5 Å². The van der Waals surface area contributed by atoms with Crippen LogP contribution in [0.2, 0.25) is 0 Å². The summed E-state index contributed by atoms with van der Waals surface area (Å²) < 4.78 is 11.3. The third-order valence-electron chi connectivity index (χ3n) is 6.13. The van der Waals surface area contributed by atoms with Gasteiger partial charge in [-0.3, -0.25) is 9.69 Å². The first-order chi connectivity index (χ1) is 17.2. The Bertz CT molecular complexity index is 1220. The van der Waals surface area contributed by atoms with E-state index in [-0.39, 0.29) is 11.8 Å². The van der Waals surface area contributed by atoms with Crippen molar-refractivity contribution in [2.45, 2.75) is 25.8 Å². The van der Waals surface area contributed by atoms with Gasteiger partial charge in [0.1, 0.15) is 5.75 Å². The molecule has 3 heterocycles. The minimum atomic E-state index is -0.0155. The normalized spacial score (nSPS) is 14.6. The van der Waals surface area contributed by atoms with Crippen LogP contribution in [0.4, 0.5) is 5.69 Å². The molecule has 0 aliphatic carbocycles. The van der Waals surface area contributed by atoms with E-state index in [4.69, 9.17) is 9.26 Å². The van der Waals surface area contributed by atoms with E-state index >= 15 is 0 Å². The highest BCUT2D eigenvalue weighted by Crippen LogP contribution is 2.24. The second-order valence-corrected chi connectivity index (χ2v) is 9.59. The topological polar surface area (TPSA) is 80.5 Å².